The largest absolute Gasteiger partial charge is 0.354 e. The molecule has 8 nitrogen and oxygen atoms in total. The van der Waals surface area contributed by atoms with Crippen molar-refractivity contribution in [2.45, 2.75) is 19.0 Å². The van der Waals surface area contributed by atoms with Gasteiger partial charge in [-0.05, 0) is 31.7 Å². The molecule has 0 radical (unpaired) electrons. The summed E-state index contributed by atoms with van der Waals surface area (Å²) in [5, 5.41) is 6.89. The van der Waals surface area contributed by atoms with Crippen LogP contribution in [0.3, 0.4) is 0 Å². The van der Waals surface area contributed by atoms with E-state index in [1.54, 1.807) is 19.3 Å². The quantitative estimate of drug-likeness (QED) is 0.552. The molecule has 0 spiro atoms. The molecule has 4 rings (SSSR count). The Bertz CT molecular complexity index is 897. The zero-order valence-electron chi connectivity index (χ0n) is 18.3. The highest BCUT2D eigenvalue weighted by molar-refractivity contribution is 5.80. The summed E-state index contributed by atoms with van der Waals surface area (Å²) in [6.45, 7) is 6.14. The highest BCUT2D eigenvalue weighted by Gasteiger charge is 2.26. The average Bonchev–Trinajstić information content (AvgIpc) is 3.26. The van der Waals surface area contributed by atoms with E-state index in [0.717, 1.165) is 56.5 Å². The first kappa shape index (κ1) is 21.3. The monoisotopic (exact) mass is 426 g/mol. The Hall–Kier alpha value is -2.94. The Balaban J connectivity index is 1.33. The molecule has 2 aromatic heterocycles. The van der Waals surface area contributed by atoms with Crippen molar-refractivity contribution in [2.75, 3.05) is 63.2 Å². The molecule has 31 heavy (non-hydrogen) atoms. The lowest BCUT2D eigenvalue weighted by Gasteiger charge is -2.34. The minimum atomic E-state index is -0.279. The number of aromatic nitrogens is 2. The van der Waals surface area contributed by atoms with Gasteiger partial charge in [0, 0.05) is 76.9 Å². The van der Waals surface area contributed by atoms with Crippen LogP contribution in [0.2, 0.25) is 0 Å². The summed E-state index contributed by atoms with van der Waals surface area (Å²) in [7, 11) is 3.92. The lowest BCUT2D eigenvalue weighted by atomic mass is 10.2. The summed E-state index contributed by atoms with van der Waals surface area (Å²) in [4.78, 5) is 19.9. The summed E-state index contributed by atoms with van der Waals surface area (Å²) < 4.78 is 14.0. The van der Waals surface area contributed by atoms with Gasteiger partial charge in [-0.15, -0.1) is 0 Å². The average molecular weight is 427 g/mol. The van der Waals surface area contributed by atoms with Gasteiger partial charge in [-0.3, -0.25) is 4.99 Å². The second-order valence-corrected chi connectivity index (χ2v) is 8.09. The molecule has 2 aliphatic heterocycles. The van der Waals surface area contributed by atoms with E-state index in [2.05, 4.69) is 48.5 Å². The number of pyridine rings is 2. The fraction of sp³-hybridized carbons (Fsp3) is 0.500. The smallest absolute Gasteiger partial charge is 0.191 e. The van der Waals surface area contributed by atoms with Crippen molar-refractivity contribution in [3.8, 4) is 0 Å². The van der Waals surface area contributed by atoms with Gasteiger partial charge in [0.15, 0.2) is 17.6 Å². The lowest BCUT2D eigenvalue weighted by Crippen LogP contribution is -2.46. The molecule has 2 fully saturated rings. The number of halogens is 1. The van der Waals surface area contributed by atoms with Crippen LogP contribution in [0, 0.1) is 5.82 Å². The molecule has 1 atom stereocenters. The van der Waals surface area contributed by atoms with Crippen molar-refractivity contribution in [1.29, 1.82) is 0 Å². The topological polar surface area (TPSA) is 71.9 Å². The molecule has 2 aliphatic rings. The first-order valence-electron chi connectivity index (χ1n) is 10.8. The van der Waals surface area contributed by atoms with Gasteiger partial charge in [0.25, 0.3) is 0 Å². The number of aliphatic imine (C=N–C) groups is 1. The number of hydrogen-bond acceptors (Lipinski definition) is 6. The van der Waals surface area contributed by atoms with Crippen LogP contribution in [-0.2, 0) is 6.54 Å². The maximum Gasteiger partial charge on any atom is 0.191 e. The van der Waals surface area contributed by atoms with Crippen molar-refractivity contribution in [1.82, 2.24) is 25.5 Å². The van der Waals surface area contributed by atoms with E-state index in [9.17, 15) is 4.39 Å². The Labute approximate surface area is 183 Å². The van der Waals surface area contributed by atoms with Gasteiger partial charge in [-0.25, -0.2) is 14.4 Å². The third-order valence-electron chi connectivity index (χ3n) is 5.91. The molecule has 9 heteroatoms. The standard InChI is InChI=1S/C22H31FN8/c1-24-22(28-18-7-10-31(16-18)21-19(23)6-4-9-26-21)27-15-17-5-3-8-25-20(17)30-13-11-29(2)12-14-30/h3-6,8-9,18H,7,10-16H2,1-2H3,(H2,24,27,28). The number of nitrogens with zero attached hydrogens (tertiary/aromatic N) is 6. The Morgan fingerprint density at radius 3 is 2.55 bits per heavy atom. The minimum Gasteiger partial charge on any atom is -0.354 e. The van der Waals surface area contributed by atoms with Crippen LogP contribution in [0.25, 0.3) is 0 Å². The molecular formula is C22H31FN8. The SMILES string of the molecule is CN=C(NCc1cccnc1N1CCN(C)CC1)NC1CCN(c2ncccc2F)C1. The molecule has 0 bridgehead atoms. The van der Waals surface area contributed by atoms with Gasteiger partial charge < -0.3 is 25.3 Å². The van der Waals surface area contributed by atoms with Crippen LogP contribution >= 0.6 is 0 Å². The Morgan fingerprint density at radius 1 is 1.06 bits per heavy atom. The van der Waals surface area contributed by atoms with Crippen LogP contribution in [0.4, 0.5) is 16.0 Å². The zero-order valence-corrected chi connectivity index (χ0v) is 18.3. The van der Waals surface area contributed by atoms with E-state index < -0.39 is 0 Å². The summed E-state index contributed by atoms with van der Waals surface area (Å²) in [6.07, 6.45) is 4.38. The fourth-order valence-corrected chi connectivity index (χ4v) is 4.12. The van der Waals surface area contributed by atoms with Gasteiger partial charge in [-0.2, -0.15) is 0 Å². The maximum atomic E-state index is 14.0. The molecule has 4 heterocycles. The molecule has 2 N–H and O–H groups in total. The Morgan fingerprint density at radius 2 is 1.81 bits per heavy atom. The number of guanidine groups is 1. The van der Waals surface area contributed by atoms with Gasteiger partial charge in [0.05, 0.1) is 0 Å². The van der Waals surface area contributed by atoms with E-state index in [0.29, 0.717) is 18.9 Å². The predicted octanol–water partition coefficient (Wildman–Crippen LogP) is 1.31. The molecule has 166 valence electrons. The van der Waals surface area contributed by atoms with E-state index in [-0.39, 0.29) is 11.9 Å². The first-order valence-corrected chi connectivity index (χ1v) is 10.8. The number of piperazine rings is 1. The number of hydrogen-bond donors (Lipinski definition) is 2. The first-order chi connectivity index (χ1) is 15.1. The number of rotatable bonds is 5. The van der Waals surface area contributed by atoms with Gasteiger partial charge in [-0.1, -0.05) is 6.07 Å². The predicted molar refractivity (Wildman–Crippen MR) is 122 cm³/mol. The second-order valence-electron chi connectivity index (χ2n) is 8.09. The van der Waals surface area contributed by atoms with E-state index in [4.69, 9.17) is 0 Å². The fourth-order valence-electron chi connectivity index (χ4n) is 4.12. The van der Waals surface area contributed by atoms with E-state index in [1.165, 1.54) is 6.07 Å². The zero-order chi connectivity index (χ0) is 21.6. The Kier molecular flexibility index (Phi) is 6.81. The maximum absolute atomic E-state index is 14.0. The number of likely N-dealkylation sites (N-methyl/N-ethyl adjacent to an activating group) is 1. The summed E-state index contributed by atoms with van der Waals surface area (Å²) >= 11 is 0. The van der Waals surface area contributed by atoms with Crippen LogP contribution in [0.1, 0.15) is 12.0 Å². The number of nitrogens with one attached hydrogen (secondary N) is 2. The minimum absolute atomic E-state index is 0.179. The van der Waals surface area contributed by atoms with Gasteiger partial charge in [0.2, 0.25) is 0 Å². The second kappa shape index (κ2) is 9.91. The van der Waals surface area contributed by atoms with Crippen molar-refractivity contribution >= 4 is 17.6 Å². The molecule has 0 amide bonds. The van der Waals surface area contributed by atoms with E-state index in [1.807, 2.05) is 17.2 Å². The highest BCUT2D eigenvalue weighted by atomic mass is 19.1. The molecule has 0 aliphatic carbocycles. The summed E-state index contributed by atoms with van der Waals surface area (Å²) in [5.74, 6) is 1.92. The molecule has 0 aromatic carbocycles. The van der Waals surface area contributed by atoms with Crippen molar-refractivity contribution in [2.24, 2.45) is 4.99 Å². The summed E-state index contributed by atoms with van der Waals surface area (Å²) in [5.41, 5.74) is 1.15. The third-order valence-corrected chi connectivity index (χ3v) is 5.91. The van der Waals surface area contributed by atoms with Crippen LogP contribution < -0.4 is 20.4 Å². The van der Waals surface area contributed by atoms with Gasteiger partial charge in [0.1, 0.15) is 5.82 Å². The number of anilines is 2. The van der Waals surface area contributed by atoms with Gasteiger partial charge >= 0.3 is 0 Å². The molecular weight excluding hydrogens is 395 g/mol. The van der Waals surface area contributed by atoms with Crippen LogP contribution in [-0.4, -0.2) is 80.2 Å². The van der Waals surface area contributed by atoms with Crippen LogP contribution in [0.15, 0.2) is 41.7 Å². The molecule has 0 saturated carbocycles. The van der Waals surface area contributed by atoms with Crippen molar-refractivity contribution in [3.63, 3.8) is 0 Å². The molecule has 2 saturated heterocycles. The summed E-state index contributed by atoms with van der Waals surface area (Å²) in [6, 6.07) is 7.34. The van der Waals surface area contributed by atoms with Crippen LogP contribution in [0.5, 0.6) is 0 Å². The van der Waals surface area contributed by atoms with E-state index >= 15 is 0 Å². The normalized spacial score (nSPS) is 20.2. The molecule has 2 aromatic rings. The molecule has 1 unspecified atom stereocenters. The third kappa shape index (κ3) is 5.22. The lowest BCUT2D eigenvalue weighted by molar-refractivity contribution is 0.312. The van der Waals surface area contributed by atoms with Crippen molar-refractivity contribution in [3.05, 3.63) is 48.0 Å². The van der Waals surface area contributed by atoms with Crippen molar-refractivity contribution < 1.29 is 4.39 Å². The highest BCUT2D eigenvalue weighted by Crippen LogP contribution is 2.21.